The van der Waals surface area contributed by atoms with Crippen LogP contribution in [0.4, 0.5) is 5.69 Å². The highest BCUT2D eigenvalue weighted by Crippen LogP contribution is 2.18. The quantitative estimate of drug-likeness (QED) is 0.812. The summed E-state index contributed by atoms with van der Waals surface area (Å²) < 4.78 is 0. The highest BCUT2D eigenvalue weighted by Gasteiger charge is 2.35. The second-order valence-electron chi connectivity index (χ2n) is 4.42. The lowest BCUT2D eigenvalue weighted by Gasteiger charge is -2.34. The molecule has 1 aromatic heterocycles. The van der Waals surface area contributed by atoms with Crippen LogP contribution in [-0.2, 0) is 9.59 Å². The van der Waals surface area contributed by atoms with Gasteiger partial charge in [0, 0.05) is 6.20 Å². The zero-order valence-electron chi connectivity index (χ0n) is 9.88. The standard InChI is InChI=1S/C12H15N3O2/c1-8(2)11-12(17)15(7-10(16)14-11)9-4-3-5-13-6-9/h3-6,8,11H,7H2,1-2H3,(H,14,16). The van der Waals surface area contributed by atoms with E-state index in [0.29, 0.717) is 5.69 Å². The van der Waals surface area contributed by atoms with Crippen LogP contribution in [0.15, 0.2) is 24.5 Å². The van der Waals surface area contributed by atoms with E-state index in [-0.39, 0.29) is 24.3 Å². The number of nitrogens with one attached hydrogen (secondary N) is 1. The first-order chi connectivity index (χ1) is 8.09. The van der Waals surface area contributed by atoms with Crippen LogP contribution in [0.2, 0.25) is 0 Å². The van der Waals surface area contributed by atoms with Gasteiger partial charge in [-0.1, -0.05) is 13.8 Å². The lowest BCUT2D eigenvalue weighted by Crippen LogP contribution is -2.60. The predicted octanol–water partition coefficient (Wildman–Crippen LogP) is 0.569. The Hall–Kier alpha value is -1.91. The van der Waals surface area contributed by atoms with Gasteiger partial charge >= 0.3 is 0 Å². The Morgan fingerprint density at radius 1 is 1.47 bits per heavy atom. The highest BCUT2D eigenvalue weighted by molar-refractivity contribution is 6.06. The summed E-state index contributed by atoms with van der Waals surface area (Å²) in [5, 5.41) is 2.71. The third kappa shape index (κ3) is 2.27. The van der Waals surface area contributed by atoms with E-state index in [1.807, 2.05) is 13.8 Å². The molecule has 0 bridgehead atoms. The monoisotopic (exact) mass is 233 g/mol. The molecule has 0 saturated carbocycles. The van der Waals surface area contributed by atoms with E-state index in [1.54, 1.807) is 24.5 Å². The van der Waals surface area contributed by atoms with E-state index >= 15 is 0 Å². The summed E-state index contributed by atoms with van der Waals surface area (Å²) in [4.78, 5) is 29.2. The fourth-order valence-corrected chi connectivity index (χ4v) is 1.85. The van der Waals surface area contributed by atoms with Crippen LogP contribution in [0.3, 0.4) is 0 Å². The fourth-order valence-electron chi connectivity index (χ4n) is 1.85. The summed E-state index contributed by atoms with van der Waals surface area (Å²) in [7, 11) is 0. The second-order valence-corrected chi connectivity index (χ2v) is 4.42. The van der Waals surface area contributed by atoms with Crippen LogP contribution >= 0.6 is 0 Å². The highest BCUT2D eigenvalue weighted by atomic mass is 16.2. The minimum Gasteiger partial charge on any atom is -0.342 e. The van der Waals surface area contributed by atoms with Gasteiger partial charge in [-0.25, -0.2) is 0 Å². The number of nitrogens with zero attached hydrogens (tertiary/aromatic N) is 2. The molecule has 5 nitrogen and oxygen atoms in total. The topological polar surface area (TPSA) is 62.3 Å². The summed E-state index contributed by atoms with van der Waals surface area (Å²) in [6.45, 7) is 3.89. The average Bonchev–Trinajstić information content (AvgIpc) is 2.32. The van der Waals surface area contributed by atoms with E-state index in [4.69, 9.17) is 0 Å². The van der Waals surface area contributed by atoms with Crippen molar-refractivity contribution in [3.63, 3.8) is 0 Å². The Bertz CT molecular complexity index is 431. The molecule has 5 heteroatoms. The van der Waals surface area contributed by atoms with Crippen molar-refractivity contribution in [1.82, 2.24) is 10.3 Å². The van der Waals surface area contributed by atoms with Crippen LogP contribution in [0, 0.1) is 5.92 Å². The van der Waals surface area contributed by atoms with E-state index in [1.165, 1.54) is 4.90 Å². The number of hydrogen-bond donors (Lipinski definition) is 1. The summed E-state index contributed by atoms with van der Waals surface area (Å²) >= 11 is 0. The van der Waals surface area contributed by atoms with Crippen molar-refractivity contribution in [2.75, 3.05) is 11.4 Å². The SMILES string of the molecule is CC(C)C1NC(=O)CN(c2cccnc2)C1=O. The number of carbonyl (C=O) groups is 2. The first kappa shape index (κ1) is 11.6. The number of piperazine rings is 1. The molecule has 0 aliphatic carbocycles. The van der Waals surface area contributed by atoms with E-state index < -0.39 is 6.04 Å². The van der Waals surface area contributed by atoms with Gasteiger partial charge in [-0.15, -0.1) is 0 Å². The maximum atomic E-state index is 12.2. The van der Waals surface area contributed by atoms with Crippen molar-refractivity contribution in [3.05, 3.63) is 24.5 Å². The number of aromatic nitrogens is 1. The van der Waals surface area contributed by atoms with Gasteiger partial charge in [0.2, 0.25) is 11.8 Å². The molecule has 0 radical (unpaired) electrons. The van der Waals surface area contributed by atoms with Crippen LogP contribution in [0.25, 0.3) is 0 Å². The van der Waals surface area contributed by atoms with Gasteiger partial charge in [-0.3, -0.25) is 19.5 Å². The van der Waals surface area contributed by atoms with Crippen molar-refractivity contribution in [1.29, 1.82) is 0 Å². The van der Waals surface area contributed by atoms with Gasteiger partial charge in [0.25, 0.3) is 0 Å². The molecule has 2 rings (SSSR count). The third-order valence-corrected chi connectivity index (χ3v) is 2.77. The molecule has 17 heavy (non-hydrogen) atoms. The Morgan fingerprint density at radius 2 is 2.24 bits per heavy atom. The number of rotatable bonds is 2. The van der Waals surface area contributed by atoms with E-state index in [0.717, 1.165) is 0 Å². The van der Waals surface area contributed by atoms with Crippen LogP contribution in [-0.4, -0.2) is 29.4 Å². The van der Waals surface area contributed by atoms with Gasteiger partial charge in [0.15, 0.2) is 0 Å². The number of amides is 2. The van der Waals surface area contributed by atoms with Gasteiger partial charge < -0.3 is 5.32 Å². The van der Waals surface area contributed by atoms with Crippen LogP contribution < -0.4 is 10.2 Å². The Kier molecular flexibility index (Phi) is 3.08. The molecule has 1 aromatic rings. The smallest absolute Gasteiger partial charge is 0.250 e. The molecule has 1 saturated heterocycles. The molecular formula is C12H15N3O2. The van der Waals surface area contributed by atoms with Gasteiger partial charge in [-0.2, -0.15) is 0 Å². The molecule has 0 aromatic carbocycles. The van der Waals surface area contributed by atoms with Gasteiger partial charge in [0.1, 0.15) is 12.6 Å². The minimum absolute atomic E-state index is 0.0632. The summed E-state index contributed by atoms with van der Waals surface area (Å²) in [5.74, 6) is -0.134. The van der Waals surface area contributed by atoms with Crippen molar-refractivity contribution in [3.8, 4) is 0 Å². The van der Waals surface area contributed by atoms with Crippen molar-refractivity contribution >= 4 is 17.5 Å². The summed E-state index contributed by atoms with van der Waals surface area (Å²) in [6, 6.07) is 3.08. The lowest BCUT2D eigenvalue weighted by molar-refractivity contribution is -0.132. The van der Waals surface area contributed by atoms with Crippen molar-refractivity contribution in [2.45, 2.75) is 19.9 Å². The Labute approximate surface area is 99.8 Å². The molecular weight excluding hydrogens is 218 g/mol. The summed E-state index contributed by atoms with van der Waals surface area (Å²) in [5.41, 5.74) is 0.665. The largest absolute Gasteiger partial charge is 0.342 e. The molecule has 2 heterocycles. The summed E-state index contributed by atoms with van der Waals surface area (Å²) in [6.07, 6.45) is 3.23. The maximum absolute atomic E-state index is 12.2. The molecule has 1 atom stereocenters. The van der Waals surface area contributed by atoms with E-state index in [9.17, 15) is 9.59 Å². The molecule has 2 amide bonds. The number of pyridine rings is 1. The number of anilines is 1. The number of carbonyl (C=O) groups excluding carboxylic acids is 2. The molecule has 0 spiro atoms. The Morgan fingerprint density at radius 3 is 2.82 bits per heavy atom. The zero-order valence-corrected chi connectivity index (χ0v) is 9.88. The molecule has 1 N–H and O–H groups in total. The first-order valence-electron chi connectivity index (χ1n) is 5.60. The van der Waals surface area contributed by atoms with Gasteiger partial charge in [-0.05, 0) is 18.1 Å². The van der Waals surface area contributed by atoms with Crippen LogP contribution in [0.5, 0.6) is 0 Å². The molecule has 1 aliphatic heterocycles. The third-order valence-electron chi connectivity index (χ3n) is 2.77. The zero-order chi connectivity index (χ0) is 12.4. The normalized spacial score (nSPS) is 20.6. The molecule has 1 unspecified atom stereocenters. The van der Waals surface area contributed by atoms with Crippen LogP contribution in [0.1, 0.15) is 13.8 Å². The molecule has 1 aliphatic rings. The number of hydrogen-bond acceptors (Lipinski definition) is 3. The average molecular weight is 233 g/mol. The van der Waals surface area contributed by atoms with E-state index in [2.05, 4.69) is 10.3 Å². The lowest BCUT2D eigenvalue weighted by atomic mass is 10.0. The predicted molar refractivity (Wildman–Crippen MR) is 63.4 cm³/mol. The van der Waals surface area contributed by atoms with Gasteiger partial charge in [0.05, 0.1) is 11.9 Å². The Balaban J connectivity index is 2.28. The fraction of sp³-hybridized carbons (Fsp3) is 0.417. The van der Waals surface area contributed by atoms with Crippen molar-refractivity contribution in [2.24, 2.45) is 5.92 Å². The minimum atomic E-state index is -0.448. The second kappa shape index (κ2) is 4.53. The molecule has 1 fully saturated rings. The maximum Gasteiger partial charge on any atom is 0.250 e. The van der Waals surface area contributed by atoms with Crippen molar-refractivity contribution < 1.29 is 9.59 Å². The first-order valence-corrected chi connectivity index (χ1v) is 5.60. The molecule has 90 valence electrons.